The van der Waals surface area contributed by atoms with E-state index in [1.807, 2.05) is 20.8 Å². The molecule has 7 nitrogen and oxygen atoms in total. The van der Waals surface area contributed by atoms with Gasteiger partial charge < -0.3 is 19.3 Å². The van der Waals surface area contributed by atoms with Crippen molar-refractivity contribution in [2.45, 2.75) is 104 Å². The minimum Gasteiger partial charge on any atom is -0.469 e. The van der Waals surface area contributed by atoms with Crippen LogP contribution >= 0.6 is 8.03 Å². The van der Waals surface area contributed by atoms with Gasteiger partial charge in [-0.3, -0.25) is 9.36 Å². The summed E-state index contributed by atoms with van der Waals surface area (Å²) in [6.07, 6.45) is 10.1. The van der Waals surface area contributed by atoms with Gasteiger partial charge in [-0.25, -0.2) is 4.79 Å². The smallest absolute Gasteiger partial charge is 0.407 e. The highest BCUT2D eigenvalue weighted by Crippen LogP contribution is 2.33. The number of hydrogen-bond acceptors (Lipinski definition) is 6. The first-order valence-electron chi connectivity index (χ1n) is 11.9. The van der Waals surface area contributed by atoms with E-state index in [9.17, 15) is 14.2 Å². The van der Waals surface area contributed by atoms with Crippen LogP contribution in [0.1, 0.15) is 91.9 Å². The van der Waals surface area contributed by atoms with Crippen molar-refractivity contribution in [2.24, 2.45) is 11.8 Å². The molecule has 0 aromatic rings. The van der Waals surface area contributed by atoms with Crippen LogP contribution in [0.15, 0.2) is 0 Å². The molecule has 8 heteroatoms. The molecule has 1 fully saturated rings. The summed E-state index contributed by atoms with van der Waals surface area (Å²) < 4.78 is 28.7. The first-order valence-corrected chi connectivity index (χ1v) is 13.4. The molecule has 3 unspecified atom stereocenters. The van der Waals surface area contributed by atoms with E-state index in [0.717, 1.165) is 51.4 Å². The second kappa shape index (κ2) is 14.9. The van der Waals surface area contributed by atoms with Crippen LogP contribution in [0, 0.1) is 11.8 Å². The van der Waals surface area contributed by atoms with Crippen molar-refractivity contribution in [1.82, 2.24) is 5.32 Å². The molecule has 0 saturated heterocycles. The van der Waals surface area contributed by atoms with Gasteiger partial charge in [-0.05, 0) is 46.0 Å². The average Bonchev–Trinajstić information content (AvgIpc) is 2.71. The van der Waals surface area contributed by atoms with Crippen molar-refractivity contribution < 1.29 is 28.2 Å². The van der Waals surface area contributed by atoms with E-state index in [0.29, 0.717) is 6.42 Å². The molecule has 0 aromatic carbocycles. The van der Waals surface area contributed by atoms with E-state index in [2.05, 4.69) is 12.2 Å². The maximum atomic E-state index is 12.8. The van der Waals surface area contributed by atoms with Gasteiger partial charge in [0, 0.05) is 12.2 Å². The Hall–Kier alpha value is -1.07. The second-order valence-electron chi connectivity index (χ2n) is 9.61. The highest BCUT2D eigenvalue weighted by molar-refractivity contribution is 7.39. The third-order valence-corrected chi connectivity index (χ3v) is 6.96. The van der Waals surface area contributed by atoms with E-state index in [1.165, 1.54) is 13.5 Å². The lowest BCUT2D eigenvalue weighted by atomic mass is 9.84. The Balaban J connectivity index is 2.64. The lowest BCUT2D eigenvalue weighted by Gasteiger charge is -2.31. The molecule has 1 rings (SSSR count). The molecule has 31 heavy (non-hydrogen) atoms. The summed E-state index contributed by atoms with van der Waals surface area (Å²) in [5.41, 5.74) is -0.589. The fraction of sp³-hybridized carbons (Fsp3) is 0.913. The van der Waals surface area contributed by atoms with Crippen LogP contribution in [0.4, 0.5) is 4.79 Å². The van der Waals surface area contributed by atoms with Gasteiger partial charge in [-0.15, -0.1) is 0 Å². The van der Waals surface area contributed by atoms with Gasteiger partial charge in [-0.2, -0.15) is 0 Å². The minimum atomic E-state index is -2.42. The standard InChI is InChI=1S/C23H44NO6P/c1-6-7-8-10-15-19(21(25)28-5)16-29-31(27)17-20(18-13-11-9-12-14-18)24-22(26)30-23(2,3)4/h18-20,31H,6-17H2,1-5H3,(H,24,26). The number of unbranched alkanes of at least 4 members (excludes halogenated alkanes) is 3. The van der Waals surface area contributed by atoms with Gasteiger partial charge in [0.15, 0.2) is 8.03 Å². The van der Waals surface area contributed by atoms with Crippen molar-refractivity contribution in [2.75, 3.05) is 19.9 Å². The number of alkyl carbamates (subject to hydrolysis) is 1. The van der Waals surface area contributed by atoms with Crippen molar-refractivity contribution in [1.29, 1.82) is 0 Å². The normalized spacial score (nSPS) is 18.1. The number of carbonyl (C=O) groups excluding carboxylic acids is 2. The molecular formula is C23H44NO6P. The molecule has 182 valence electrons. The van der Waals surface area contributed by atoms with E-state index in [1.54, 1.807) is 0 Å². The van der Waals surface area contributed by atoms with Gasteiger partial charge >= 0.3 is 12.1 Å². The number of esters is 1. The van der Waals surface area contributed by atoms with Gasteiger partial charge in [0.05, 0.1) is 19.6 Å². The number of nitrogens with one attached hydrogen (secondary N) is 1. The van der Waals surface area contributed by atoms with E-state index in [4.69, 9.17) is 14.0 Å². The zero-order chi connectivity index (χ0) is 23.3. The molecule has 1 aliphatic carbocycles. The minimum absolute atomic E-state index is 0.0976. The van der Waals surface area contributed by atoms with Crippen LogP contribution in [0.3, 0.4) is 0 Å². The Morgan fingerprint density at radius 3 is 2.35 bits per heavy atom. The zero-order valence-corrected chi connectivity index (χ0v) is 21.2. The molecule has 1 aliphatic rings. The van der Waals surface area contributed by atoms with E-state index in [-0.39, 0.29) is 30.7 Å². The number of ether oxygens (including phenoxy) is 2. The summed E-state index contributed by atoms with van der Waals surface area (Å²) in [7, 11) is -1.05. The Morgan fingerprint density at radius 2 is 1.77 bits per heavy atom. The van der Waals surface area contributed by atoms with Crippen molar-refractivity contribution in [3.8, 4) is 0 Å². The Bertz CT molecular complexity index is 557. The quantitative estimate of drug-likeness (QED) is 0.215. The van der Waals surface area contributed by atoms with Crippen LogP contribution in [0.2, 0.25) is 0 Å². The van der Waals surface area contributed by atoms with Crippen molar-refractivity contribution >= 4 is 20.1 Å². The summed E-state index contributed by atoms with van der Waals surface area (Å²) in [6, 6.07) is -0.248. The summed E-state index contributed by atoms with van der Waals surface area (Å²) in [4.78, 5) is 24.4. The number of rotatable bonds is 13. The van der Waals surface area contributed by atoms with Crippen LogP contribution < -0.4 is 5.32 Å². The number of carbonyl (C=O) groups is 2. The molecule has 3 atom stereocenters. The molecule has 0 heterocycles. The molecule has 0 bridgehead atoms. The van der Waals surface area contributed by atoms with Gasteiger partial charge in [0.25, 0.3) is 0 Å². The SMILES string of the molecule is CCCCCCC(CO[PH](=O)CC(NC(=O)OC(C)(C)C)C1CCCCC1)C(=O)OC. The van der Waals surface area contributed by atoms with Crippen molar-refractivity contribution in [3.63, 3.8) is 0 Å². The first kappa shape index (κ1) is 28.0. The molecule has 0 spiro atoms. The fourth-order valence-electron chi connectivity index (χ4n) is 4.02. The lowest BCUT2D eigenvalue weighted by molar-refractivity contribution is -0.146. The van der Waals surface area contributed by atoms with Gasteiger partial charge in [0.1, 0.15) is 5.60 Å². The lowest BCUT2D eigenvalue weighted by Crippen LogP contribution is -2.45. The van der Waals surface area contributed by atoms with Crippen LogP contribution in [-0.2, 0) is 23.4 Å². The van der Waals surface area contributed by atoms with Gasteiger partial charge in [0.2, 0.25) is 0 Å². The molecule has 0 aliphatic heterocycles. The Labute approximate surface area is 189 Å². The topological polar surface area (TPSA) is 90.9 Å². The monoisotopic (exact) mass is 461 g/mol. The van der Waals surface area contributed by atoms with Crippen LogP contribution in [0.25, 0.3) is 0 Å². The van der Waals surface area contributed by atoms with Crippen LogP contribution in [0.5, 0.6) is 0 Å². The summed E-state index contributed by atoms with van der Waals surface area (Å²) >= 11 is 0. The van der Waals surface area contributed by atoms with Crippen LogP contribution in [-0.4, -0.2) is 43.6 Å². The van der Waals surface area contributed by atoms with Gasteiger partial charge in [-0.1, -0.05) is 51.9 Å². The molecule has 0 aromatic heterocycles. The fourth-order valence-corrected chi connectivity index (χ4v) is 5.32. The second-order valence-corrected chi connectivity index (χ2v) is 11.0. The maximum absolute atomic E-state index is 12.8. The van der Waals surface area contributed by atoms with E-state index < -0.39 is 25.6 Å². The molecule has 0 radical (unpaired) electrons. The zero-order valence-electron chi connectivity index (χ0n) is 20.2. The third kappa shape index (κ3) is 12.5. The summed E-state index contributed by atoms with van der Waals surface area (Å²) in [5, 5.41) is 2.94. The molecule has 1 saturated carbocycles. The average molecular weight is 462 g/mol. The first-order chi connectivity index (χ1) is 14.7. The molecule has 1 N–H and O–H groups in total. The third-order valence-electron chi connectivity index (χ3n) is 5.69. The Morgan fingerprint density at radius 1 is 1.10 bits per heavy atom. The maximum Gasteiger partial charge on any atom is 0.407 e. The number of methoxy groups -OCH3 is 1. The van der Waals surface area contributed by atoms with E-state index >= 15 is 0 Å². The summed E-state index contributed by atoms with van der Waals surface area (Å²) in [5.74, 6) is -0.450. The predicted molar refractivity (Wildman–Crippen MR) is 124 cm³/mol. The highest BCUT2D eigenvalue weighted by atomic mass is 31.1. The predicted octanol–water partition coefficient (Wildman–Crippen LogP) is 5.71. The largest absolute Gasteiger partial charge is 0.469 e. The molecular weight excluding hydrogens is 417 g/mol. The highest BCUT2D eigenvalue weighted by Gasteiger charge is 2.29. The molecule has 1 amide bonds. The Kier molecular flexibility index (Phi) is 13.4. The number of hydrogen-bond donors (Lipinski definition) is 1. The van der Waals surface area contributed by atoms with Crippen molar-refractivity contribution in [3.05, 3.63) is 0 Å². The number of amides is 1. The summed E-state index contributed by atoms with van der Waals surface area (Å²) in [6.45, 7) is 7.70.